The van der Waals surface area contributed by atoms with E-state index in [1.165, 1.54) is 13.0 Å². The number of phenolic OH excluding ortho intramolecular Hbond substituents is 1. The molecule has 0 spiro atoms. The van der Waals surface area contributed by atoms with Crippen LogP contribution in [0.3, 0.4) is 0 Å². The summed E-state index contributed by atoms with van der Waals surface area (Å²) in [6.45, 7) is 3.83. The minimum atomic E-state index is -1.68. The highest BCUT2D eigenvalue weighted by molar-refractivity contribution is 7.81. The highest BCUT2D eigenvalue weighted by Crippen LogP contribution is 2.36. The number of Topliss-reactive ketones (excluding diaryl/α,β-unsaturated/α-hetero) is 1. The predicted octanol–water partition coefficient (Wildman–Crippen LogP) is 6.72. The number of rotatable bonds is 15. The molecular weight excluding hydrogens is 656 g/mol. The summed E-state index contributed by atoms with van der Waals surface area (Å²) in [7, 11) is 0. The topological polar surface area (TPSA) is 144 Å². The van der Waals surface area contributed by atoms with Gasteiger partial charge in [-0.25, -0.2) is 4.79 Å². The number of aliphatic hydroxyl groups is 1. The van der Waals surface area contributed by atoms with Gasteiger partial charge in [0.05, 0.1) is 29.1 Å². The number of aliphatic hydroxyl groups excluding tert-OH is 1. The number of unbranched alkanes of at least 4 members (excludes halogenated alkanes) is 2. The number of carbonyl (C=O) groups excluding carboxylic acids is 1. The molecule has 0 fully saturated rings. The molecule has 3 aromatic rings. The molecule has 0 saturated carbocycles. The molecule has 2 aromatic carbocycles. The Morgan fingerprint density at radius 1 is 1.17 bits per heavy atom. The van der Waals surface area contributed by atoms with E-state index >= 15 is 0 Å². The normalized spacial score (nSPS) is 13.9. The van der Waals surface area contributed by atoms with Crippen LogP contribution >= 0.6 is 23.8 Å². The van der Waals surface area contributed by atoms with Gasteiger partial charge < -0.3 is 29.2 Å². The maximum Gasteiger partial charge on any atom is 0.513 e. The number of allylic oxidation sites excluding steroid dienone is 3. The summed E-state index contributed by atoms with van der Waals surface area (Å²) >= 11 is 11.4. The molecule has 11 heteroatoms. The van der Waals surface area contributed by atoms with Crippen LogP contribution in [0.1, 0.15) is 85.0 Å². The molecule has 1 aliphatic rings. The standard InChI is InChI=1S/C37H37ClO9S/c1-3-11-27-30(18-17-26(22(2)39)34(27)41)45-19-9-7-5-4-6-8-14-29(33(40)23-12-10-13-24(38)20-23)32-35(42)28-16-15-25(48)21-31(28)46-36(32)47-37(43)44/h4,6,8,10,12-14,16-18,20-21,29,33,40-41H,3,5,7,9,11,15,19H2,1-2H3,(H,43,44)/b6-4-,14-8+/t29-,33-/m0/s1. The van der Waals surface area contributed by atoms with E-state index in [0.717, 1.165) is 19.3 Å². The van der Waals surface area contributed by atoms with E-state index in [0.29, 0.717) is 52.6 Å². The molecule has 48 heavy (non-hydrogen) atoms. The van der Waals surface area contributed by atoms with Gasteiger partial charge in [-0.1, -0.05) is 79.7 Å². The first-order chi connectivity index (χ1) is 23.0. The molecule has 1 heterocycles. The predicted molar refractivity (Wildman–Crippen MR) is 188 cm³/mol. The molecule has 2 atom stereocenters. The average molecular weight is 693 g/mol. The molecule has 252 valence electrons. The third-order valence-corrected chi connectivity index (χ3v) is 8.25. The lowest BCUT2D eigenvalue weighted by molar-refractivity contribution is 0.101. The Labute approximate surface area is 288 Å². The number of halogens is 1. The van der Waals surface area contributed by atoms with Gasteiger partial charge in [-0.15, -0.1) is 0 Å². The fourth-order valence-corrected chi connectivity index (χ4v) is 5.79. The van der Waals surface area contributed by atoms with Crippen LogP contribution in [0.15, 0.2) is 69.9 Å². The number of ketones is 1. The van der Waals surface area contributed by atoms with Crippen LogP contribution in [-0.4, -0.2) is 38.7 Å². The van der Waals surface area contributed by atoms with Gasteiger partial charge in [-0.2, -0.15) is 0 Å². The number of phenols is 1. The van der Waals surface area contributed by atoms with Crippen molar-refractivity contribution >= 4 is 52.8 Å². The lowest BCUT2D eigenvalue weighted by Crippen LogP contribution is -2.44. The Morgan fingerprint density at radius 3 is 2.67 bits per heavy atom. The van der Waals surface area contributed by atoms with Crippen molar-refractivity contribution in [3.05, 3.63) is 109 Å². The van der Waals surface area contributed by atoms with Crippen LogP contribution in [0.2, 0.25) is 5.02 Å². The number of fused-ring (bicyclic) bond motifs is 1. The van der Waals surface area contributed by atoms with Gasteiger partial charge in [0.1, 0.15) is 16.9 Å². The van der Waals surface area contributed by atoms with E-state index in [1.807, 2.05) is 13.0 Å². The van der Waals surface area contributed by atoms with Crippen LogP contribution in [0.5, 0.6) is 17.4 Å². The van der Waals surface area contributed by atoms with E-state index in [9.17, 15) is 29.7 Å². The Hall–Kier alpha value is -4.51. The smallest absolute Gasteiger partial charge is 0.507 e. The number of aromatic hydroxyl groups is 1. The second-order valence-electron chi connectivity index (χ2n) is 11.2. The lowest BCUT2D eigenvalue weighted by Gasteiger charge is -2.21. The molecule has 0 radical (unpaired) electrons. The number of ether oxygens (including phenoxy) is 2. The van der Waals surface area contributed by atoms with E-state index in [4.69, 9.17) is 37.7 Å². The summed E-state index contributed by atoms with van der Waals surface area (Å²) < 4.78 is 16.6. The molecule has 0 aliphatic heterocycles. The van der Waals surface area contributed by atoms with E-state index in [-0.39, 0.29) is 33.3 Å². The largest absolute Gasteiger partial charge is 0.513 e. The van der Waals surface area contributed by atoms with Gasteiger partial charge >= 0.3 is 12.1 Å². The van der Waals surface area contributed by atoms with E-state index in [2.05, 4.69) is 0 Å². The molecule has 4 rings (SSSR count). The van der Waals surface area contributed by atoms with Crippen molar-refractivity contribution in [3.8, 4) is 17.4 Å². The van der Waals surface area contributed by atoms with Crippen LogP contribution in [0.4, 0.5) is 4.79 Å². The van der Waals surface area contributed by atoms with Crippen LogP contribution in [0, 0.1) is 0 Å². The van der Waals surface area contributed by atoms with Crippen molar-refractivity contribution in [2.75, 3.05) is 6.61 Å². The van der Waals surface area contributed by atoms with Crippen LogP contribution in [0.25, 0.3) is 12.2 Å². The number of carboxylic acid groups (broad SMARTS) is 1. The Bertz CT molecular complexity index is 1930. The average Bonchev–Trinajstić information content (AvgIpc) is 3.03. The molecule has 0 amide bonds. The number of benzene rings is 2. The maximum atomic E-state index is 13.8. The maximum absolute atomic E-state index is 13.8. The zero-order valence-electron chi connectivity index (χ0n) is 26.6. The van der Waals surface area contributed by atoms with Crippen LogP contribution in [-0.2, 0) is 6.42 Å². The van der Waals surface area contributed by atoms with Crippen molar-refractivity contribution in [1.82, 2.24) is 0 Å². The monoisotopic (exact) mass is 692 g/mol. The Kier molecular flexibility index (Phi) is 12.9. The highest BCUT2D eigenvalue weighted by Gasteiger charge is 2.30. The van der Waals surface area contributed by atoms with E-state index < -0.39 is 29.6 Å². The molecule has 0 saturated heterocycles. The zero-order valence-corrected chi connectivity index (χ0v) is 28.2. The summed E-state index contributed by atoms with van der Waals surface area (Å²) in [5.41, 5.74) is 0.708. The molecular formula is C37H37ClO9S. The number of hydrogen-bond acceptors (Lipinski definition) is 9. The fraction of sp³-hybridized carbons (Fsp3) is 0.297. The minimum Gasteiger partial charge on any atom is -0.507 e. The van der Waals surface area contributed by atoms with Gasteiger partial charge in [0.2, 0.25) is 0 Å². The second-order valence-corrected chi connectivity index (χ2v) is 12.2. The number of carbonyl (C=O) groups is 2. The van der Waals surface area contributed by atoms with Crippen LogP contribution < -0.4 is 25.5 Å². The second kappa shape index (κ2) is 17.1. The van der Waals surface area contributed by atoms with Crippen molar-refractivity contribution in [2.45, 2.75) is 64.4 Å². The molecule has 0 bridgehead atoms. The molecule has 9 nitrogen and oxygen atoms in total. The SMILES string of the molecule is CCCc1c(OCCCC/C=C\C=C\[C@@H](c2c(OC(=O)O)oc3c(c2=O)=CCC(=S)C=3)[C@@H](O)c2cccc(Cl)c2)ccc(C(C)=O)c1O. The first kappa shape index (κ1) is 36.3. The highest BCUT2D eigenvalue weighted by atomic mass is 35.5. The zero-order chi connectivity index (χ0) is 34.8. The van der Waals surface area contributed by atoms with Crippen molar-refractivity contribution < 1.29 is 38.8 Å². The summed E-state index contributed by atoms with van der Waals surface area (Å²) in [4.78, 5) is 37.7. The lowest BCUT2D eigenvalue weighted by atomic mass is 9.88. The molecule has 1 aliphatic carbocycles. The Balaban J connectivity index is 1.51. The molecule has 1 aromatic heterocycles. The quantitative estimate of drug-likeness (QED) is 0.0516. The Morgan fingerprint density at radius 2 is 1.96 bits per heavy atom. The minimum absolute atomic E-state index is 0.0225. The van der Waals surface area contributed by atoms with Crippen molar-refractivity contribution in [3.63, 3.8) is 0 Å². The van der Waals surface area contributed by atoms with Gasteiger partial charge in [0.15, 0.2) is 11.2 Å². The summed E-state index contributed by atoms with van der Waals surface area (Å²) in [5.74, 6) is -1.27. The first-order valence-electron chi connectivity index (χ1n) is 15.6. The number of hydrogen-bond donors (Lipinski definition) is 3. The first-order valence-corrected chi connectivity index (χ1v) is 16.4. The molecule has 3 N–H and O–H groups in total. The van der Waals surface area contributed by atoms with Gasteiger partial charge in [0.25, 0.3) is 0 Å². The van der Waals surface area contributed by atoms with Crippen molar-refractivity contribution in [2.24, 2.45) is 0 Å². The van der Waals surface area contributed by atoms with Gasteiger partial charge in [-0.05, 0) is 68.5 Å². The summed E-state index contributed by atoms with van der Waals surface area (Å²) in [6, 6.07) is 9.82. The third-order valence-electron chi connectivity index (χ3n) is 7.73. The summed E-state index contributed by atoms with van der Waals surface area (Å²) in [5, 5.41) is 32.0. The van der Waals surface area contributed by atoms with E-state index in [1.54, 1.807) is 60.7 Å². The number of thiocarbonyl (C=S) groups is 1. The summed E-state index contributed by atoms with van der Waals surface area (Å²) in [6.07, 6.45) is 11.0. The van der Waals surface area contributed by atoms with Crippen molar-refractivity contribution in [1.29, 1.82) is 0 Å². The third kappa shape index (κ3) is 9.09. The molecule has 0 unspecified atom stereocenters. The van der Waals surface area contributed by atoms with Gasteiger partial charge in [0, 0.05) is 27.8 Å². The van der Waals surface area contributed by atoms with Gasteiger partial charge in [-0.3, -0.25) is 9.59 Å². The fourth-order valence-electron chi connectivity index (χ4n) is 5.40.